The average Bonchev–Trinajstić information content (AvgIpc) is 2.79. The Bertz CT molecular complexity index is 770. The van der Waals surface area contributed by atoms with Crippen molar-refractivity contribution in [1.82, 2.24) is 4.98 Å². The number of fused-ring (bicyclic) bond motifs is 1. The molecule has 0 atom stereocenters. The molecule has 3 rings (SSSR count). The zero-order valence-corrected chi connectivity index (χ0v) is 12.5. The maximum absolute atomic E-state index is 6.21. The summed E-state index contributed by atoms with van der Waals surface area (Å²) in [5, 5.41) is 1.40. The van der Waals surface area contributed by atoms with E-state index in [0.29, 0.717) is 16.5 Å². The predicted octanol–water partition coefficient (Wildman–Crippen LogP) is 4.66. The SMILES string of the molecule is Cc1ccc(CSc2nc3ccc(N)cc3o2)c(Cl)c1. The highest BCUT2D eigenvalue weighted by Gasteiger charge is 2.08. The van der Waals surface area contributed by atoms with Gasteiger partial charge in [-0.15, -0.1) is 0 Å². The Morgan fingerprint density at radius 1 is 1.25 bits per heavy atom. The molecule has 0 amide bonds. The maximum atomic E-state index is 6.21. The van der Waals surface area contributed by atoms with Crippen LogP contribution < -0.4 is 5.73 Å². The van der Waals surface area contributed by atoms with Gasteiger partial charge in [-0.05, 0) is 36.2 Å². The first kappa shape index (κ1) is 13.3. The van der Waals surface area contributed by atoms with Gasteiger partial charge in [-0.25, -0.2) is 4.98 Å². The molecule has 0 saturated carbocycles. The van der Waals surface area contributed by atoms with Crippen LogP contribution in [-0.4, -0.2) is 4.98 Å². The Labute approximate surface area is 126 Å². The molecule has 0 aliphatic heterocycles. The number of benzene rings is 2. The van der Waals surface area contributed by atoms with Crippen molar-refractivity contribution < 1.29 is 4.42 Å². The van der Waals surface area contributed by atoms with Gasteiger partial charge in [0.25, 0.3) is 5.22 Å². The molecule has 0 aliphatic carbocycles. The van der Waals surface area contributed by atoms with E-state index in [2.05, 4.69) is 11.1 Å². The third-order valence-electron chi connectivity index (χ3n) is 2.95. The number of hydrogen-bond donors (Lipinski definition) is 1. The molecule has 5 heteroatoms. The number of halogens is 1. The van der Waals surface area contributed by atoms with Gasteiger partial charge in [0.15, 0.2) is 5.58 Å². The molecule has 3 nitrogen and oxygen atoms in total. The minimum absolute atomic E-state index is 0.627. The van der Waals surface area contributed by atoms with Gasteiger partial charge in [0, 0.05) is 22.5 Å². The van der Waals surface area contributed by atoms with E-state index in [4.69, 9.17) is 21.8 Å². The van der Waals surface area contributed by atoms with Crippen molar-refractivity contribution in [3.63, 3.8) is 0 Å². The van der Waals surface area contributed by atoms with Crippen LogP contribution in [-0.2, 0) is 5.75 Å². The van der Waals surface area contributed by atoms with E-state index < -0.39 is 0 Å². The molecule has 0 saturated heterocycles. The molecule has 102 valence electrons. The van der Waals surface area contributed by atoms with E-state index in [1.165, 1.54) is 11.8 Å². The summed E-state index contributed by atoms with van der Waals surface area (Å²) in [5.74, 6) is 0.724. The first-order valence-electron chi connectivity index (χ1n) is 6.16. The van der Waals surface area contributed by atoms with Crippen LogP contribution in [0.5, 0.6) is 0 Å². The second kappa shape index (κ2) is 5.38. The minimum Gasteiger partial charge on any atom is -0.431 e. The molecule has 0 unspecified atom stereocenters. The fourth-order valence-electron chi connectivity index (χ4n) is 1.89. The monoisotopic (exact) mass is 304 g/mol. The standard InChI is InChI=1S/C15H13ClN2OS/c1-9-2-3-10(12(16)6-9)8-20-15-18-13-5-4-11(17)7-14(13)19-15/h2-7H,8,17H2,1H3. The van der Waals surface area contributed by atoms with Gasteiger partial charge in [0.05, 0.1) is 0 Å². The quantitative estimate of drug-likeness (QED) is 0.564. The molecule has 20 heavy (non-hydrogen) atoms. The van der Waals surface area contributed by atoms with Crippen molar-refractivity contribution in [2.45, 2.75) is 17.9 Å². The molecule has 0 aliphatic rings. The Balaban J connectivity index is 1.79. The lowest BCUT2D eigenvalue weighted by Gasteiger charge is -2.02. The van der Waals surface area contributed by atoms with Gasteiger partial charge in [-0.3, -0.25) is 0 Å². The van der Waals surface area contributed by atoms with Crippen LogP contribution in [0.25, 0.3) is 11.1 Å². The highest BCUT2D eigenvalue weighted by molar-refractivity contribution is 7.98. The van der Waals surface area contributed by atoms with E-state index in [1.807, 2.05) is 31.2 Å². The van der Waals surface area contributed by atoms with Gasteiger partial charge in [0.2, 0.25) is 0 Å². The lowest BCUT2D eigenvalue weighted by atomic mass is 10.2. The number of thioether (sulfide) groups is 1. The highest BCUT2D eigenvalue weighted by atomic mass is 35.5. The fourth-order valence-corrected chi connectivity index (χ4v) is 3.11. The Hall–Kier alpha value is -1.65. The van der Waals surface area contributed by atoms with Gasteiger partial charge >= 0.3 is 0 Å². The summed E-state index contributed by atoms with van der Waals surface area (Å²) in [6.07, 6.45) is 0. The molecule has 2 aromatic carbocycles. The van der Waals surface area contributed by atoms with Gasteiger partial charge in [0.1, 0.15) is 5.52 Å². The number of nitrogens with zero attached hydrogens (tertiary/aromatic N) is 1. The summed E-state index contributed by atoms with van der Waals surface area (Å²) in [4.78, 5) is 4.41. The van der Waals surface area contributed by atoms with E-state index in [0.717, 1.165) is 27.4 Å². The van der Waals surface area contributed by atoms with Crippen LogP contribution in [0, 0.1) is 6.92 Å². The molecular weight excluding hydrogens is 292 g/mol. The van der Waals surface area contributed by atoms with Gasteiger partial charge < -0.3 is 10.2 Å². The van der Waals surface area contributed by atoms with Crippen LogP contribution in [0.2, 0.25) is 5.02 Å². The van der Waals surface area contributed by atoms with Crippen molar-refractivity contribution in [2.24, 2.45) is 0 Å². The number of hydrogen-bond acceptors (Lipinski definition) is 4. The van der Waals surface area contributed by atoms with Crippen LogP contribution >= 0.6 is 23.4 Å². The fraction of sp³-hybridized carbons (Fsp3) is 0.133. The lowest BCUT2D eigenvalue weighted by Crippen LogP contribution is -1.84. The van der Waals surface area contributed by atoms with E-state index in [1.54, 1.807) is 6.07 Å². The first-order valence-corrected chi connectivity index (χ1v) is 7.52. The average molecular weight is 305 g/mol. The van der Waals surface area contributed by atoms with E-state index in [9.17, 15) is 0 Å². The Kier molecular flexibility index (Phi) is 3.59. The normalized spacial score (nSPS) is 11.1. The summed E-state index contributed by atoms with van der Waals surface area (Å²) in [6, 6.07) is 11.5. The second-order valence-electron chi connectivity index (χ2n) is 4.59. The van der Waals surface area contributed by atoms with Gasteiger partial charge in [-0.1, -0.05) is 35.5 Å². The van der Waals surface area contributed by atoms with Crippen molar-refractivity contribution in [1.29, 1.82) is 0 Å². The molecule has 2 N–H and O–H groups in total. The number of nitrogens with two attached hydrogens (primary N) is 1. The topological polar surface area (TPSA) is 52.0 Å². The number of anilines is 1. The second-order valence-corrected chi connectivity index (χ2v) is 5.92. The summed E-state index contributed by atoms with van der Waals surface area (Å²) >= 11 is 7.74. The third-order valence-corrected chi connectivity index (χ3v) is 4.18. The largest absolute Gasteiger partial charge is 0.431 e. The zero-order valence-electron chi connectivity index (χ0n) is 10.9. The van der Waals surface area contributed by atoms with Crippen molar-refractivity contribution in [3.8, 4) is 0 Å². The maximum Gasteiger partial charge on any atom is 0.257 e. The van der Waals surface area contributed by atoms with Crippen molar-refractivity contribution in [3.05, 3.63) is 52.5 Å². The molecule has 0 bridgehead atoms. The summed E-state index contributed by atoms with van der Waals surface area (Å²) in [6.45, 7) is 2.02. The zero-order chi connectivity index (χ0) is 14.1. The molecular formula is C15H13ClN2OS. The van der Waals surface area contributed by atoms with Crippen molar-refractivity contribution in [2.75, 3.05) is 5.73 Å². The molecule has 0 radical (unpaired) electrons. The molecule has 1 heterocycles. The number of aryl methyl sites for hydroxylation is 1. The summed E-state index contributed by atoms with van der Waals surface area (Å²) < 4.78 is 5.66. The molecule has 0 spiro atoms. The van der Waals surface area contributed by atoms with Crippen LogP contribution in [0.3, 0.4) is 0 Å². The molecule has 1 aromatic heterocycles. The smallest absolute Gasteiger partial charge is 0.257 e. The highest BCUT2D eigenvalue weighted by Crippen LogP contribution is 2.29. The number of rotatable bonds is 3. The Morgan fingerprint density at radius 3 is 2.90 bits per heavy atom. The lowest BCUT2D eigenvalue weighted by molar-refractivity contribution is 0.489. The molecule has 0 fully saturated rings. The summed E-state index contributed by atoms with van der Waals surface area (Å²) in [7, 11) is 0. The van der Waals surface area contributed by atoms with E-state index in [-0.39, 0.29) is 0 Å². The van der Waals surface area contributed by atoms with Crippen LogP contribution in [0.1, 0.15) is 11.1 Å². The molecule has 3 aromatic rings. The van der Waals surface area contributed by atoms with Crippen molar-refractivity contribution >= 4 is 40.1 Å². The van der Waals surface area contributed by atoms with Crippen LogP contribution in [0.4, 0.5) is 5.69 Å². The minimum atomic E-state index is 0.627. The predicted molar refractivity (Wildman–Crippen MR) is 84.2 cm³/mol. The van der Waals surface area contributed by atoms with Crippen LogP contribution in [0.15, 0.2) is 46.0 Å². The third kappa shape index (κ3) is 2.76. The number of aromatic nitrogens is 1. The number of oxazole rings is 1. The Morgan fingerprint density at radius 2 is 2.10 bits per heavy atom. The summed E-state index contributed by atoms with van der Waals surface area (Å²) in [5.41, 5.74) is 10.1. The van der Waals surface area contributed by atoms with Gasteiger partial charge in [-0.2, -0.15) is 0 Å². The first-order chi connectivity index (χ1) is 9.61. The van der Waals surface area contributed by atoms with E-state index >= 15 is 0 Å². The number of nitrogen functional groups attached to an aromatic ring is 1.